The van der Waals surface area contributed by atoms with Crippen LogP contribution in [-0.2, 0) is 4.79 Å². The predicted octanol–water partition coefficient (Wildman–Crippen LogP) is 0.814. The molecule has 2 amide bonds. The number of hydrogen-bond acceptors (Lipinski definition) is 3. The molecule has 0 bridgehead atoms. The number of aryl methyl sites for hydroxylation is 1. The van der Waals surface area contributed by atoms with Crippen molar-refractivity contribution in [2.24, 2.45) is 0 Å². The highest BCUT2D eigenvalue weighted by Crippen LogP contribution is 2.13. The summed E-state index contributed by atoms with van der Waals surface area (Å²) in [5.41, 5.74) is 0.507. The van der Waals surface area contributed by atoms with Gasteiger partial charge in [-0.05, 0) is 26.7 Å². The van der Waals surface area contributed by atoms with Gasteiger partial charge in [0.15, 0.2) is 5.43 Å². The molecular weight excluding hydrogens is 270 g/mol. The zero-order valence-electron chi connectivity index (χ0n) is 12.4. The Morgan fingerprint density at radius 2 is 2.19 bits per heavy atom. The molecule has 1 atom stereocenters. The Balaban J connectivity index is 1.94. The van der Waals surface area contributed by atoms with Crippen molar-refractivity contribution in [1.29, 1.82) is 0 Å². The summed E-state index contributed by atoms with van der Waals surface area (Å²) >= 11 is 0. The van der Waals surface area contributed by atoms with Crippen LogP contribution in [0.5, 0.6) is 0 Å². The second kappa shape index (κ2) is 6.56. The summed E-state index contributed by atoms with van der Waals surface area (Å²) in [6.45, 7) is 4.74. The topological polar surface area (TPSA) is 82.3 Å². The summed E-state index contributed by atoms with van der Waals surface area (Å²) in [6.07, 6.45) is 3.94. The minimum absolute atomic E-state index is 0.0636. The lowest BCUT2D eigenvalue weighted by Gasteiger charge is -2.32. The number of aromatic amines is 1. The average Bonchev–Trinajstić information content (AvgIpc) is 2.45. The predicted molar refractivity (Wildman–Crippen MR) is 79.2 cm³/mol. The molecule has 6 heteroatoms. The molecule has 1 aliphatic heterocycles. The van der Waals surface area contributed by atoms with Crippen molar-refractivity contribution in [2.45, 2.75) is 39.2 Å². The number of likely N-dealkylation sites (tertiary alicyclic amines) is 1. The Bertz CT molecular complexity index is 594. The Morgan fingerprint density at radius 1 is 1.43 bits per heavy atom. The minimum Gasteiger partial charge on any atom is -0.364 e. The van der Waals surface area contributed by atoms with Crippen LogP contribution in [0.4, 0.5) is 0 Å². The Hall–Kier alpha value is -2.11. The number of nitrogens with zero attached hydrogens (tertiary/aromatic N) is 1. The normalized spacial score (nSPS) is 16.7. The van der Waals surface area contributed by atoms with Crippen LogP contribution in [0.3, 0.4) is 0 Å². The summed E-state index contributed by atoms with van der Waals surface area (Å²) < 4.78 is 0. The first-order valence-corrected chi connectivity index (χ1v) is 7.26. The maximum Gasteiger partial charge on any atom is 0.256 e. The van der Waals surface area contributed by atoms with Gasteiger partial charge < -0.3 is 15.2 Å². The van der Waals surface area contributed by atoms with Gasteiger partial charge in [0, 0.05) is 43.5 Å². The number of hydrogen-bond donors (Lipinski definition) is 2. The van der Waals surface area contributed by atoms with Gasteiger partial charge in [-0.2, -0.15) is 0 Å². The smallest absolute Gasteiger partial charge is 0.256 e. The van der Waals surface area contributed by atoms with Crippen molar-refractivity contribution in [3.8, 4) is 0 Å². The van der Waals surface area contributed by atoms with E-state index in [0.717, 1.165) is 19.4 Å². The average molecular weight is 291 g/mol. The largest absolute Gasteiger partial charge is 0.364 e. The number of piperidine rings is 1. The third-order valence-electron chi connectivity index (χ3n) is 3.75. The first-order chi connectivity index (χ1) is 9.99. The number of aromatic nitrogens is 1. The van der Waals surface area contributed by atoms with Crippen LogP contribution >= 0.6 is 0 Å². The van der Waals surface area contributed by atoms with E-state index in [1.54, 1.807) is 11.8 Å². The highest BCUT2D eigenvalue weighted by Gasteiger charge is 2.23. The van der Waals surface area contributed by atoms with Gasteiger partial charge in [0.2, 0.25) is 5.91 Å². The number of pyridine rings is 1. The van der Waals surface area contributed by atoms with E-state index < -0.39 is 5.91 Å². The maximum absolute atomic E-state index is 12.0. The van der Waals surface area contributed by atoms with Crippen LogP contribution in [0.1, 0.15) is 42.2 Å². The van der Waals surface area contributed by atoms with Crippen molar-refractivity contribution in [3.63, 3.8) is 0 Å². The molecule has 1 fully saturated rings. The standard InChI is InChI=1S/C15H21N3O3/c1-10-7-13(19)12(9-16-10)15(21)17-8-11(2)18-6-4-3-5-14(18)20/h7,9,11H,3-6,8H2,1-2H3,(H,16,19)(H,17,21). The maximum atomic E-state index is 12.0. The van der Waals surface area contributed by atoms with E-state index in [0.29, 0.717) is 18.7 Å². The van der Waals surface area contributed by atoms with Crippen LogP contribution < -0.4 is 10.7 Å². The van der Waals surface area contributed by atoms with E-state index >= 15 is 0 Å². The first-order valence-electron chi connectivity index (χ1n) is 7.26. The molecule has 1 saturated heterocycles. The van der Waals surface area contributed by atoms with Crippen molar-refractivity contribution in [1.82, 2.24) is 15.2 Å². The van der Waals surface area contributed by atoms with E-state index in [1.165, 1.54) is 12.3 Å². The number of carbonyl (C=O) groups is 2. The molecule has 2 N–H and O–H groups in total. The van der Waals surface area contributed by atoms with Crippen LogP contribution in [-0.4, -0.2) is 40.8 Å². The minimum atomic E-state index is -0.410. The molecule has 2 rings (SSSR count). The van der Waals surface area contributed by atoms with E-state index in [2.05, 4.69) is 10.3 Å². The van der Waals surface area contributed by atoms with Crippen molar-refractivity contribution < 1.29 is 9.59 Å². The lowest BCUT2D eigenvalue weighted by atomic mass is 10.1. The molecule has 0 radical (unpaired) electrons. The second-order valence-electron chi connectivity index (χ2n) is 5.50. The molecule has 6 nitrogen and oxygen atoms in total. The molecular formula is C15H21N3O3. The van der Waals surface area contributed by atoms with Gasteiger partial charge in [-0.25, -0.2) is 0 Å². The van der Waals surface area contributed by atoms with Gasteiger partial charge >= 0.3 is 0 Å². The number of H-pyrrole nitrogens is 1. The molecule has 1 unspecified atom stereocenters. The summed E-state index contributed by atoms with van der Waals surface area (Å²) in [5.74, 6) is -0.274. The van der Waals surface area contributed by atoms with Crippen molar-refractivity contribution >= 4 is 11.8 Å². The first kappa shape index (κ1) is 15.3. The van der Waals surface area contributed by atoms with Gasteiger partial charge in [-0.3, -0.25) is 14.4 Å². The van der Waals surface area contributed by atoms with Crippen LogP contribution in [0, 0.1) is 6.92 Å². The van der Waals surface area contributed by atoms with E-state index in [4.69, 9.17) is 0 Å². The monoisotopic (exact) mass is 291 g/mol. The van der Waals surface area contributed by atoms with Crippen LogP contribution in [0.25, 0.3) is 0 Å². The number of rotatable bonds is 4. The molecule has 1 aromatic rings. The summed E-state index contributed by atoms with van der Waals surface area (Å²) in [6, 6.07) is 1.33. The van der Waals surface area contributed by atoms with Crippen LogP contribution in [0.2, 0.25) is 0 Å². The van der Waals surface area contributed by atoms with Crippen LogP contribution in [0.15, 0.2) is 17.1 Å². The van der Waals surface area contributed by atoms with Gasteiger partial charge in [0.05, 0.1) is 0 Å². The lowest BCUT2D eigenvalue weighted by Crippen LogP contribution is -2.47. The summed E-state index contributed by atoms with van der Waals surface area (Å²) in [7, 11) is 0. The van der Waals surface area contributed by atoms with Gasteiger partial charge in [-0.15, -0.1) is 0 Å². The Morgan fingerprint density at radius 3 is 2.86 bits per heavy atom. The van der Waals surface area contributed by atoms with E-state index in [-0.39, 0.29) is 22.9 Å². The molecule has 0 spiro atoms. The number of carbonyl (C=O) groups excluding carboxylic acids is 2. The van der Waals surface area contributed by atoms with Crippen molar-refractivity contribution in [2.75, 3.05) is 13.1 Å². The third kappa shape index (κ3) is 3.71. The molecule has 2 heterocycles. The highest BCUT2D eigenvalue weighted by molar-refractivity contribution is 5.93. The number of amides is 2. The molecule has 21 heavy (non-hydrogen) atoms. The Kier molecular flexibility index (Phi) is 4.77. The molecule has 114 valence electrons. The second-order valence-corrected chi connectivity index (χ2v) is 5.50. The van der Waals surface area contributed by atoms with Gasteiger partial charge in [-0.1, -0.05) is 0 Å². The van der Waals surface area contributed by atoms with Gasteiger partial charge in [0.25, 0.3) is 5.91 Å². The summed E-state index contributed by atoms with van der Waals surface area (Å²) in [5, 5.41) is 2.72. The fourth-order valence-corrected chi connectivity index (χ4v) is 2.49. The zero-order valence-corrected chi connectivity index (χ0v) is 12.4. The summed E-state index contributed by atoms with van der Waals surface area (Å²) in [4.78, 5) is 40.2. The van der Waals surface area contributed by atoms with E-state index in [9.17, 15) is 14.4 Å². The molecule has 0 saturated carbocycles. The fraction of sp³-hybridized carbons (Fsp3) is 0.533. The lowest BCUT2D eigenvalue weighted by molar-refractivity contribution is -0.135. The fourth-order valence-electron chi connectivity index (χ4n) is 2.49. The quantitative estimate of drug-likeness (QED) is 0.861. The molecule has 0 aromatic carbocycles. The molecule has 1 aromatic heterocycles. The Labute approximate surface area is 123 Å². The highest BCUT2D eigenvalue weighted by atomic mass is 16.2. The van der Waals surface area contributed by atoms with E-state index in [1.807, 2.05) is 6.92 Å². The van der Waals surface area contributed by atoms with Crippen molar-refractivity contribution in [3.05, 3.63) is 33.7 Å². The molecule has 0 aliphatic carbocycles. The SMILES string of the molecule is Cc1cc(=O)c(C(=O)NCC(C)N2CCCCC2=O)c[nH]1. The zero-order chi connectivity index (χ0) is 15.4. The molecule has 1 aliphatic rings. The number of nitrogens with one attached hydrogen (secondary N) is 2. The van der Waals surface area contributed by atoms with Gasteiger partial charge in [0.1, 0.15) is 5.56 Å². The third-order valence-corrected chi connectivity index (χ3v) is 3.75.